The minimum Gasteiger partial charge on any atom is -0.462 e. The van der Waals surface area contributed by atoms with Gasteiger partial charge < -0.3 is 9.47 Å². The minimum atomic E-state index is -0.376. The van der Waals surface area contributed by atoms with Gasteiger partial charge in [-0.25, -0.2) is 9.18 Å². The minimum absolute atomic E-state index is 0.269. The molecule has 2 aromatic carbocycles. The van der Waals surface area contributed by atoms with Crippen molar-refractivity contribution in [3.8, 4) is 5.69 Å². The molecule has 0 saturated carbocycles. The predicted octanol–water partition coefficient (Wildman–Crippen LogP) is 2.40. The summed E-state index contributed by atoms with van der Waals surface area (Å²) in [5.74, 6) is -0.0699. The Labute approximate surface area is 173 Å². The van der Waals surface area contributed by atoms with Crippen LogP contribution in [0.4, 0.5) is 4.39 Å². The highest BCUT2D eigenvalue weighted by atomic mass is 19.1. The molecule has 0 amide bonds. The van der Waals surface area contributed by atoms with Crippen LogP contribution in [0.1, 0.15) is 34.7 Å². The van der Waals surface area contributed by atoms with Gasteiger partial charge in [-0.1, -0.05) is 12.1 Å². The van der Waals surface area contributed by atoms with Crippen LogP contribution in [0, 0.1) is 5.82 Å². The molecule has 9 heteroatoms. The highest BCUT2D eigenvalue weighted by Crippen LogP contribution is 2.29. The van der Waals surface area contributed by atoms with Crippen molar-refractivity contribution in [2.75, 3.05) is 32.9 Å². The molecular formula is C21H22FN5O3. The Bertz CT molecular complexity index is 985. The zero-order chi connectivity index (χ0) is 20.9. The normalized spacial score (nSPS) is 15.7. The van der Waals surface area contributed by atoms with Crippen LogP contribution in [0.2, 0.25) is 0 Å². The lowest BCUT2D eigenvalue weighted by Gasteiger charge is -2.33. The van der Waals surface area contributed by atoms with Crippen LogP contribution in [0.25, 0.3) is 5.69 Å². The third-order valence-corrected chi connectivity index (χ3v) is 4.96. The van der Waals surface area contributed by atoms with E-state index in [1.165, 1.54) is 12.1 Å². The number of carbonyl (C=O) groups excluding carboxylic acids is 1. The van der Waals surface area contributed by atoms with Crippen molar-refractivity contribution in [2.24, 2.45) is 0 Å². The zero-order valence-electron chi connectivity index (χ0n) is 16.6. The first kappa shape index (κ1) is 20.1. The highest BCUT2D eigenvalue weighted by molar-refractivity contribution is 5.89. The van der Waals surface area contributed by atoms with Gasteiger partial charge in [-0.15, -0.1) is 5.10 Å². The maximum atomic E-state index is 13.5. The van der Waals surface area contributed by atoms with Gasteiger partial charge in [0.25, 0.3) is 0 Å². The molecule has 1 saturated heterocycles. The van der Waals surface area contributed by atoms with Gasteiger partial charge in [-0.05, 0) is 59.3 Å². The molecule has 0 aliphatic carbocycles. The number of esters is 1. The quantitative estimate of drug-likeness (QED) is 0.576. The van der Waals surface area contributed by atoms with E-state index in [2.05, 4.69) is 20.4 Å². The van der Waals surface area contributed by atoms with Crippen molar-refractivity contribution in [2.45, 2.75) is 13.0 Å². The van der Waals surface area contributed by atoms with Crippen LogP contribution in [0.15, 0.2) is 48.5 Å². The molecule has 1 aliphatic rings. The molecule has 1 atom stereocenters. The smallest absolute Gasteiger partial charge is 0.338 e. The van der Waals surface area contributed by atoms with E-state index in [-0.39, 0.29) is 17.8 Å². The topological polar surface area (TPSA) is 82.4 Å². The van der Waals surface area contributed by atoms with Gasteiger partial charge in [-0.2, -0.15) is 4.68 Å². The monoisotopic (exact) mass is 411 g/mol. The molecule has 0 spiro atoms. The molecule has 0 unspecified atom stereocenters. The lowest BCUT2D eigenvalue weighted by Crippen LogP contribution is -2.40. The molecule has 2 heterocycles. The summed E-state index contributed by atoms with van der Waals surface area (Å²) in [7, 11) is 0. The molecule has 1 fully saturated rings. The Kier molecular flexibility index (Phi) is 6.10. The molecule has 0 N–H and O–H groups in total. The van der Waals surface area contributed by atoms with Crippen LogP contribution in [0.5, 0.6) is 0 Å². The van der Waals surface area contributed by atoms with Gasteiger partial charge in [0.15, 0.2) is 5.82 Å². The first-order chi connectivity index (χ1) is 14.7. The third-order valence-electron chi connectivity index (χ3n) is 4.96. The number of hydrogen-bond donors (Lipinski definition) is 0. The second-order valence-corrected chi connectivity index (χ2v) is 6.82. The number of nitrogens with zero attached hydrogens (tertiary/aromatic N) is 5. The van der Waals surface area contributed by atoms with Gasteiger partial charge >= 0.3 is 5.97 Å². The van der Waals surface area contributed by atoms with Gasteiger partial charge in [-0.3, -0.25) is 4.90 Å². The van der Waals surface area contributed by atoms with Gasteiger partial charge in [0.2, 0.25) is 0 Å². The molecule has 1 aromatic heterocycles. The number of ether oxygens (including phenoxy) is 2. The first-order valence-electron chi connectivity index (χ1n) is 9.80. The number of carbonyl (C=O) groups is 1. The summed E-state index contributed by atoms with van der Waals surface area (Å²) in [4.78, 5) is 14.1. The Morgan fingerprint density at radius 2 is 1.83 bits per heavy atom. The van der Waals surface area contributed by atoms with Crippen LogP contribution in [-0.2, 0) is 9.47 Å². The summed E-state index contributed by atoms with van der Waals surface area (Å²) in [6.07, 6.45) is 0. The Balaban J connectivity index is 1.70. The Morgan fingerprint density at radius 1 is 1.13 bits per heavy atom. The van der Waals surface area contributed by atoms with Crippen LogP contribution < -0.4 is 0 Å². The highest BCUT2D eigenvalue weighted by Gasteiger charge is 2.29. The van der Waals surface area contributed by atoms with Crippen molar-refractivity contribution < 1.29 is 18.7 Å². The van der Waals surface area contributed by atoms with E-state index < -0.39 is 0 Å². The zero-order valence-corrected chi connectivity index (χ0v) is 16.6. The maximum absolute atomic E-state index is 13.5. The third kappa shape index (κ3) is 4.22. The molecular weight excluding hydrogens is 389 g/mol. The van der Waals surface area contributed by atoms with Gasteiger partial charge in [0.05, 0.1) is 37.1 Å². The van der Waals surface area contributed by atoms with Gasteiger partial charge in [0, 0.05) is 13.1 Å². The fraction of sp³-hybridized carbons (Fsp3) is 0.333. The second kappa shape index (κ2) is 9.10. The first-order valence-corrected chi connectivity index (χ1v) is 9.80. The fourth-order valence-electron chi connectivity index (χ4n) is 3.51. The Morgan fingerprint density at radius 3 is 2.50 bits per heavy atom. The second-order valence-electron chi connectivity index (χ2n) is 6.82. The maximum Gasteiger partial charge on any atom is 0.338 e. The van der Waals surface area contributed by atoms with E-state index in [1.807, 2.05) is 0 Å². The number of hydrogen-bond acceptors (Lipinski definition) is 7. The summed E-state index contributed by atoms with van der Waals surface area (Å²) < 4.78 is 25.7. The molecule has 4 rings (SSSR count). The average molecular weight is 411 g/mol. The standard InChI is InChI=1S/C21H22FN5O3/c1-2-30-21(28)16-5-9-18(10-6-16)27-20(23-24-25-27)19(26-11-13-29-14-12-26)15-3-7-17(22)8-4-15/h3-10,19H,2,11-14H2,1H3/t19-/m1/s1. The van der Waals surface area contributed by atoms with E-state index >= 15 is 0 Å². The molecule has 0 bridgehead atoms. The number of aromatic nitrogens is 4. The van der Waals surface area contributed by atoms with E-state index in [0.717, 1.165) is 5.56 Å². The number of morpholine rings is 1. The lowest BCUT2D eigenvalue weighted by molar-refractivity contribution is 0.0220. The largest absolute Gasteiger partial charge is 0.462 e. The molecule has 0 radical (unpaired) electrons. The molecule has 1 aliphatic heterocycles. The van der Waals surface area contributed by atoms with E-state index in [1.54, 1.807) is 48.0 Å². The van der Waals surface area contributed by atoms with Crippen molar-refractivity contribution in [1.82, 2.24) is 25.1 Å². The average Bonchev–Trinajstić information content (AvgIpc) is 3.26. The lowest BCUT2D eigenvalue weighted by atomic mass is 10.0. The SMILES string of the molecule is CCOC(=O)c1ccc(-n2nnnc2[C@@H](c2ccc(F)cc2)N2CCOCC2)cc1. The molecule has 156 valence electrons. The van der Waals surface area contributed by atoms with E-state index in [9.17, 15) is 9.18 Å². The van der Waals surface area contributed by atoms with Gasteiger partial charge in [0.1, 0.15) is 5.82 Å². The predicted molar refractivity (Wildman–Crippen MR) is 106 cm³/mol. The van der Waals surface area contributed by atoms with Crippen LogP contribution >= 0.6 is 0 Å². The molecule has 8 nitrogen and oxygen atoms in total. The van der Waals surface area contributed by atoms with Crippen molar-refractivity contribution >= 4 is 5.97 Å². The fourth-order valence-corrected chi connectivity index (χ4v) is 3.51. The summed E-state index contributed by atoms with van der Waals surface area (Å²) in [6, 6.07) is 13.0. The molecule has 30 heavy (non-hydrogen) atoms. The summed E-state index contributed by atoms with van der Waals surface area (Å²) in [6.45, 7) is 4.70. The van der Waals surface area contributed by atoms with Crippen molar-refractivity contribution in [3.63, 3.8) is 0 Å². The van der Waals surface area contributed by atoms with E-state index in [0.29, 0.717) is 50.0 Å². The summed E-state index contributed by atoms with van der Waals surface area (Å²) >= 11 is 0. The van der Waals surface area contributed by atoms with E-state index in [4.69, 9.17) is 9.47 Å². The summed E-state index contributed by atoms with van der Waals surface area (Å²) in [5.41, 5.74) is 2.06. The molecule has 3 aromatic rings. The number of rotatable bonds is 6. The van der Waals surface area contributed by atoms with Crippen LogP contribution in [-0.4, -0.2) is 64.0 Å². The Hall–Kier alpha value is -3.17. The number of halogens is 1. The van der Waals surface area contributed by atoms with Crippen LogP contribution in [0.3, 0.4) is 0 Å². The van der Waals surface area contributed by atoms with Crippen molar-refractivity contribution in [1.29, 1.82) is 0 Å². The van der Waals surface area contributed by atoms with Crippen molar-refractivity contribution in [3.05, 3.63) is 71.3 Å². The number of benzene rings is 2. The number of tetrazole rings is 1. The summed E-state index contributed by atoms with van der Waals surface area (Å²) in [5, 5.41) is 12.3.